The molecule has 6 heteroatoms. The van der Waals surface area contributed by atoms with E-state index in [1.54, 1.807) is 0 Å². The molecule has 0 saturated carbocycles. The van der Waals surface area contributed by atoms with Gasteiger partial charge in [-0.25, -0.2) is 0 Å². The highest BCUT2D eigenvalue weighted by Gasteiger charge is 2.24. The molecule has 0 amide bonds. The number of aliphatic hydroxyl groups excluding tert-OH is 1. The van der Waals surface area contributed by atoms with Crippen LogP contribution in [0.2, 0.25) is 0 Å². The van der Waals surface area contributed by atoms with E-state index in [1.165, 1.54) is 22.3 Å². The van der Waals surface area contributed by atoms with Crippen LogP contribution in [0.4, 0.5) is 0 Å². The maximum Gasteiger partial charge on any atom is 0.124 e. The Hall–Kier alpha value is -1.96. The highest BCUT2D eigenvalue weighted by atomic mass is 16.5. The van der Waals surface area contributed by atoms with Gasteiger partial charge in [-0.1, -0.05) is 36.4 Å². The lowest BCUT2D eigenvalue weighted by Crippen LogP contribution is -2.42. The Bertz CT molecular complexity index is 931. The van der Waals surface area contributed by atoms with Crippen LogP contribution in [0.15, 0.2) is 42.5 Å². The van der Waals surface area contributed by atoms with Crippen molar-refractivity contribution >= 4 is 0 Å². The fourth-order valence-corrected chi connectivity index (χ4v) is 5.40. The number of fused-ring (bicyclic) bond motifs is 2. The van der Waals surface area contributed by atoms with Gasteiger partial charge in [-0.3, -0.25) is 14.7 Å². The molecule has 1 fully saturated rings. The van der Waals surface area contributed by atoms with Crippen LogP contribution in [-0.2, 0) is 24.2 Å². The predicted octanol–water partition coefficient (Wildman–Crippen LogP) is 2.69. The van der Waals surface area contributed by atoms with E-state index in [9.17, 15) is 5.11 Å². The molecule has 2 atom stereocenters. The molecule has 0 spiro atoms. The highest BCUT2D eigenvalue weighted by Crippen LogP contribution is 2.30. The van der Waals surface area contributed by atoms with Gasteiger partial charge in [0.25, 0.3) is 0 Å². The number of benzene rings is 2. The Morgan fingerprint density at radius 2 is 1.58 bits per heavy atom. The topological polar surface area (TPSA) is 48.4 Å². The minimum absolute atomic E-state index is 0.360. The van der Waals surface area contributed by atoms with Crippen LogP contribution in [0.1, 0.15) is 35.2 Å². The van der Waals surface area contributed by atoms with Crippen molar-refractivity contribution in [3.05, 3.63) is 64.7 Å². The van der Waals surface area contributed by atoms with Gasteiger partial charge in [0.15, 0.2) is 0 Å². The highest BCUT2D eigenvalue weighted by molar-refractivity contribution is 5.39. The molecule has 3 heterocycles. The van der Waals surface area contributed by atoms with Crippen LogP contribution in [0, 0.1) is 0 Å². The average Bonchev–Trinajstić information content (AvgIpc) is 3.05. The van der Waals surface area contributed by atoms with Gasteiger partial charge < -0.3 is 14.6 Å². The van der Waals surface area contributed by atoms with Crippen LogP contribution in [0.25, 0.3) is 0 Å². The number of aliphatic hydroxyl groups is 1. The molecular formula is C27H37N3O3. The van der Waals surface area contributed by atoms with Crippen molar-refractivity contribution in [3.8, 4) is 5.75 Å². The third kappa shape index (κ3) is 5.58. The van der Waals surface area contributed by atoms with Gasteiger partial charge in [-0.2, -0.15) is 0 Å². The molecule has 6 nitrogen and oxygen atoms in total. The predicted molar refractivity (Wildman–Crippen MR) is 129 cm³/mol. The van der Waals surface area contributed by atoms with E-state index >= 15 is 0 Å². The first-order valence-electron chi connectivity index (χ1n) is 12.4. The molecule has 0 aliphatic carbocycles. The van der Waals surface area contributed by atoms with Crippen molar-refractivity contribution in [2.45, 2.75) is 38.6 Å². The molecule has 0 aromatic heterocycles. The summed E-state index contributed by atoms with van der Waals surface area (Å²) in [5.41, 5.74) is 5.36. The fourth-order valence-electron chi connectivity index (χ4n) is 5.40. The Kier molecular flexibility index (Phi) is 7.28. The Labute approximate surface area is 197 Å². The van der Waals surface area contributed by atoms with Gasteiger partial charge in [0.2, 0.25) is 0 Å². The minimum Gasteiger partial charge on any atom is -0.492 e. The van der Waals surface area contributed by atoms with E-state index < -0.39 is 0 Å². The quantitative estimate of drug-likeness (QED) is 0.729. The normalized spacial score (nSPS) is 22.0. The van der Waals surface area contributed by atoms with Crippen molar-refractivity contribution < 1.29 is 14.6 Å². The molecule has 0 radical (unpaired) electrons. The van der Waals surface area contributed by atoms with Crippen molar-refractivity contribution in [1.29, 1.82) is 0 Å². The number of β-amino-alcohol motifs (C(OH)–C–C–N with tert-alkyl or cyclic N) is 1. The minimum atomic E-state index is -0.363. The summed E-state index contributed by atoms with van der Waals surface area (Å²) in [5.74, 6) is 0.997. The fraction of sp³-hybridized carbons (Fsp3) is 0.556. The molecule has 0 bridgehead atoms. The van der Waals surface area contributed by atoms with E-state index in [2.05, 4.69) is 64.1 Å². The zero-order chi connectivity index (χ0) is 22.6. The second-order valence-corrected chi connectivity index (χ2v) is 9.68. The van der Waals surface area contributed by atoms with E-state index in [1.807, 2.05) is 0 Å². The largest absolute Gasteiger partial charge is 0.492 e. The zero-order valence-electron chi connectivity index (χ0n) is 19.8. The number of rotatable bonds is 6. The van der Waals surface area contributed by atoms with Crippen molar-refractivity contribution in [3.63, 3.8) is 0 Å². The first kappa shape index (κ1) is 22.8. The number of ether oxygens (including phenoxy) is 2. The van der Waals surface area contributed by atoms with Crippen LogP contribution >= 0.6 is 0 Å². The van der Waals surface area contributed by atoms with Gasteiger partial charge in [-0.15, -0.1) is 0 Å². The molecule has 33 heavy (non-hydrogen) atoms. The van der Waals surface area contributed by atoms with Crippen LogP contribution in [-0.4, -0.2) is 85.0 Å². The van der Waals surface area contributed by atoms with Crippen molar-refractivity contribution in [2.24, 2.45) is 0 Å². The maximum absolute atomic E-state index is 10.9. The lowest BCUT2D eigenvalue weighted by Gasteiger charge is -2.33. The SMILES string of the molecule is CC(c1ccc2c(c1)OCCN(C[C@H](O)CN1CCc3ccccc3C1)C2)N1CCOCC1. The van der Waals surface area contributed by atoms with Gasteiger partial charge in [-0.05, 0) is 36.1 Å². The molecule has 3 aliphatic rings. The zero-order valence-corrected chi connectivity index (χ0v) is 19.8. The second kappa shape index (κ2) is 10.5. The van der Waals surface area contributed by atoms with Crippen LogP contribution in [0.5, 0.6) is 5.75 Å². The van der Waals surface area contributed by atoms with Gasteiger partial charge in [0.05, 0.1) is 19.3 Å². The lowest BCUT2D eigenvalue weighted by atomic mass is 10.00. The summed E-state index contributed by atoms with van der Waals surface area (Å²) in [4.78, 5) is 7.19. The molecule has 1 saturated heterocycles. The summed E-state index contributed by atoms with van der Waals surface area (Å²) in [6.45, 7) is 11.5. The average molecular weight is 452 g/mol. The Morgan fingerprint density at radius 3 is 2.39 bits per heavy atom. The molecule has 178 valence electrons. The van der Waals surface area contributed by atoms with Crippen molar-refractivity contribution in [2.75, 3.05) is 59.1 Å². The third-order valence-electron chi connectivity index (χ3n) is 7.37. The van der Waals surface area contributed by atoms with Gasteiger partial charge >= 0.3 is 0 Å². The Balaban J connectivity index is 1.17. The summed E-state index contributed by atoms with van der Waals surface area (Å²) in [7, 11) is 0. The van der Waals surface area contributed by atoms with E-state index in [-0.39, 0.29) is 6.10 Å². The number of hydrogen-bond acceptors (Lipinski definition) is 6. The smallest absolute Gasteiger partial charge is 0.124 e. The molecule has 2 aromatic rings. The summed E-state index contributed by atoms with van der Waals surface area (Å²) in [6, 6.07) is 15.7. The number of nitrogens with zero attached hydrogens (tertiary/aromatic N) is 3. The molecule has 5 rings (SSSR count). The van der Waals surface area contributed by atoms with E-state index in [4.69, 9.17) is 9.47 Å². The summed E-state index contributed by atoms with van der Waals surface area (Å²) >= 11 is 0. The summed E-state index contributed by atoms with van der Waals surface area (Å²) in [6.07, 6.45) is 0.705. The van der Waals surface area contributed by atoms with Crippen molar-refractivity contribution in [1.82, 2.24) is 14.7 Å². The van der Waals surface area contributed by atoms with Gasteiger partial charge in [0, 0.05) is 64.0 Å². The molecular weight excluding hydrogens is 414 g/mol. The van der Waals surface area contributed by atoms with E-state index in [0.29, 0.717) is 25.7 Å². The first-order chi connectivity index (χ1) is 16.2. The first-order valence-corrected chi connectivity index (χ1v) is 12.4. The second-order valence-electron chi connectivity index (χ2n) is 9.68. The van der Waals surface area contributed by atoms with Gasteiger partial charge in [0.1, 0.15) is 12.4 Å². The summed E-state index contributed by atoms with van der Waals surface area (Å²) < 4.78 is 11.7. The lowest BCUT2D eigenvalue weighted by molar-refractivity contribution is 0.0198. The molecule has 1 unspecified atom stereocenters. The molecule has 1 N–H and O–H groups in total. The molecule has 2 aromatic carbocycles. The summed E-state index contributed by atoms with van der Waals surface area (Å²) in [5, 5.41) is 10.9. The van der Waals surface area contributed by atoms with Crippen LogP contribution in [0.3, 0.4) is 0 Å². The number of hydrogen-bond donors (Lipinski definition) is 1. The van der Waals surface area contributed by atoms with E-state index in [0.717, 1.165) is 64.7 Å². The maximum atomic E-state index is 10.9. The third-order valence-corrected chi connectivity index (χ3v) is 7.37. The Morgan fingerprint density at radius 1 is 0.848 bits per heavy atom. The molecule has 3 aliphatic heterocycles. The standard InChI is InChI=1S/C27H37N3O3/c1-21(30-11-13-32-14-12-30)23-6-7-25-18-29(10-15-33-27(25)16-23)20-26(31)19-28-9-8-22-4-2-3-5-24(22)17-28/h2-7,16,21,26,31H,8-15,17-20H2,1H3/t21?,26-/m1/s1. The van der Waals surface area contributed by atoms with Crippen LogP contribution < -0.4 is 4.74 Å². The monoisotopic (exact) mass is 451 g/mol. The number of morpholine rings is 1.